The zero-order valence-electron chi connectivity index (χ0n) is 11.8. The van der Waals surface area contributed by atoms with Crippen LogP contribution < -0.4 is 5.73 Å². The molecule has 0 bridgehead atoms. The van der Waals surface area contributed by atoms with Gasteiger partial charge < -0.3 is 10.8 Å². The molecule has 0 unspecified atom stereocenters. The van der Waals surface area contributed by atoms with Crippen LogP contribution in [0.25, 0.3) is 11.1 Å². The smallest absolute Gasteiger partial charge is 0.0674 e. The average molecular weight is 267 g/mol. The summed E-state index contributed by atoms with van der Waals surface area (Å²) in [4.78, 5) is 0. The summed E-state index contributed by atoms with van der Waals surface area (Å²) in [5.74, 6) is 0. The molecule has 1 aliphatic rings. The molecule has 0 aromatic heterocycles. The number of benzene rings is 2. The highest BCUT2D eigenvalue weighted by molar-refractivity contribution is 5.80. The monoisotopic (exact) mass is 267 g/mol. The number of hydrogen-bond acceptors (Lipinski definition) is 2. The molecule has 0 aliphatic heterocycles. The first-order valence-corrected chi connectivity index (χ1v) is 7.30. The number of hydrogen-bond donors (Lipinski definition) is 2. The minimum Gasteiger partial charge on any atom is -0.392 e. The highest BCUT2D eigenvalue weighted by Gasteiger charge is 2.42. The topological polar surface area (TPSA) is 46.2 Å². The first-order chi connectivity index (χ1) is 9.73. The predicted molar refractivity (Wildman–Crippen MR) is 82.6 cm³/mol. The van der Waals surface area contributed by atoms with E-state index in [2.05, 4.69) is 55.5 Å². The largest absolute Gasteiger partial charge is 0.392 e. The van der Waals surface area contributed by atoms with Crippen molar-refractivity contribution in [1.29, 1.82) is 0 Å². The second-order valence-electron chi connectivity index (χ2n) is 5.62. The summed E-state index contributed by atoms with van der Waals surface area (Å²) in [5, 5.41) is 10.1. The fourth-order valence-electron chi connectivity index (χ4n) is 3.65. The van der Waals surface area contributed by atoms with Crippen molar-refractivity contribution in [2.75, 3.05) is 6.54 Å². The SMILES string of the molecule is CCC1(C[C@H](O)CN)c2ccccc2-c2ccccc21. The molecule has 2 aromatic rings. The van der Waals surface area contributed by atoms with Gasteiger partial charge in [-0.3, -0.25) is 0 Å². The third-order valence-corrected chi connectivity index (χ3v) is 4.64. The van der Waals surface area contributed by atoms with E-state index in [1.165, 1.54) is 22.3 Å². The highest BCUT2D eigenvalue weighted by Crippen LogP contribution is 2.52. The molecule has 0 spiro atoms. The Morgan fingerprint density at radius 2 is 1.50 bits per heavy atom. The van der Waals surface area contributed by atoms with Gasteiger partial charge in [-0.2, -0.15) is 0 Å². The van der Waals surface area contributed by atoms with Gasteiger partial charge in [0, 0.05) is 12.0 Å². The quantitative estimate of drug-likeness (QED) is 0.894. The molecule has 3 rings (SSSR count). The summed E-state index contributed by atoms with van der Waals surface area (Å²) in [5.41, 5.74) is 10.8. The van der Waals surface area contributed by atoms with Crippen molar-refractivity contribution in [1.82, 2.24) is 0 Å². The zero-order chi connectivity index (χ0) is 14.2. The van der Waals surface area contributed by atoms with Crippen LogP contribution in [0.1, 0.15) is 30.9 Å². The maximum atomic E-state index is 10.1. The third kappa shape index (κ3) is 1.80. The van der Waals surface area contributed by atoms with E-state index in [1.807, 2.05) is 0 Å². The molecule has 0 saturated carbocycles. The van der Waals surface area contributed by atoms with Crippen molar-refractivity contribution < 1.29 is 5.11 Å². The Bertz CT molecular complexity index is 575. The predicted octanol–water partition coefficient (Wildman–Crippen LogP) is 3.07. The van der Waals surface area contributed by atoms with Gasteiger partial charge in [0.25, 0.3) is 0 Å². The van der Waals surface area contributed by atoms with Gasteiger partial charge in [0.1, 0.15) is 0 Å². The van der Waals surface area contributed by atoms with E-state index in [9.17, 15) is 5.11 Å². The maximum absolute atomic E-state index is 10.1. The minimum absolute atomic E-state index is 0.105. The maximum Gasteiger partial charge on any atom is 0.0674 e. The van der Waals surface area contributed by atoms with Crippen LogP contribution in [-0.2, 0) is 5.41 Å². The van der Waals surface area contributed by atoms with Crippen molar-refractivity contribution in [3.8, 4) is 11.1 Å². The van der Waals surface area contributed by atoms with Crippen LogP contribution in [0.2, 0.25) is 0 Å². The van der Waals surface area contributed by atoms with E-state index in [1.54, 1.807) is 0 Å². The van der Waals surface area contributed by atoms with Crippen molar-refractivity contribution in [3.63, 3.8) is 0 Å². The lowest BCUT2D eigenvalue weighted by atomic mass is 9.72. The Morgan fingerprint density at radius 3 is 1.95 bits per heavy atom. The molecule has 0 heterocycles. The summed E-state index contributed by atoms with van der Waals surface area (Å²) in [6.07, 6.45) is 1.20. The molecule has 104 valence electrons. The van der Waals surface area contributed by atoms with Crippen molar-refractivity contribution >= 4 is 0 Å². The Hall–Kier alpha value is -1.64. The molecule has 0 radical (unpaired) electrons. The molecule has 2 heteroatoms. The molecular weight excluding hydrogens is 246 g/mol. The Morgan fingerprint density at radius 1 is 1.00 bits per heavy atom. The number of rotatable bonds is 4. The average Bonchev–Trinajstić information content (AvgIpc) is 2.79. The van der Waals surface area contributed by atoms with Gasteiger partial charge in [0.05, 0.1) is 6.10 Å². The van der Waals surface area contributed by atoms with E-state index in [0.717, 1.165) is 6.42 Å². The van der Waals surface area contributed by atoms with E-state index < -0.39 is 6.10 Å². The summed E-state index contributed by atoms with van der Waals surface area (Å²) in [6, 6.07) is 17.1. The van der Waals surface area contributed by atoms with Crippen LogP contribution in [0.3, 0.4) is 0 Å². The minimum atomic E-state index is -0.464. The molecule has 1 aliphatic carbocycles. The Balaban J connectivity index is 2.23. The molecule has 2 aromatic carbocycles. The van der Waals surface area contributed by atoms with Crippen LogP contribution in [0.4, 0.5) is 0 Å². The number of nitrogens with two attached hydrogens (primary N) is 1. The van der Waals surface area contributed by atoms with E-state index >= 15 is 0 Å². The van der Waals surface area contributed by atoms with Gasteiger partial charge >= 0.3 is 0 Å². The molecule has 0 fully saturated rings. The summed E-state index contributed by atoms with van der Waals surface area (Å²) >= 11 is 0. The van der Waals surface area contributed by atoms with Gasteiger partial charge in [0.15, 0.2) is 0 Å². The van der Waals surface area contributed by atoms with E-state index in [4.69, 9.17) is 5.73 Å². The fraction of sp³-hybridized carbons (Fsp3) is 0.333. The molecule has 2 nitrogen and oxygen atoms in total. The Kier molecular flexibility index (Phi) is 3.36. The standard InChI is InChI=1S/C18H21NO/c1-2-18(11-13(20)12-19)16-9-5-3-7-14(16)15-8-4-6-10-17(15)18/h3-10,13,20H,2,11-12,19H2,1H3/t13-/m0/s1. The zero-order valence-corrected chi connectivity index (χ0v) is 11.8. The van der Waals surface area contributed by atoms with Crippen LogP contribution in [-0.4, -0.2) is 17.8 Å². The first kappa shape index (κ1) is 13.3. The summed E-state index contributed by atoms with van der Waals surface area (Å²) in [7, 11) is 0. The normalized spacial score (nSPS) is 16.6. The summed E-state index contributed by atoms with van der Waals surface area (Å²) in [6.45, 7) is 2.51. The molecule has 0 saturated heterocycles. The highest BCUT2D eigenvalue weighted by atomic mass is 16.3. The lowest BCUT2D eigenvalue weighted by Gasteiger charge is -2.32. The second kappa shape index (κ2) is 5.04. The van der Waals surface area contributed by atoms with Crippen LogP contribution in [0.15, 0.2) is 48.5 Å². The summed E-state index contributed by atoms with van der Waals surface area (Å²) < 4.78 is 0. The van der Waals surface area contributed by atoms with E-state index in [-0.39, 0.29) is 5.41 Å². The molecule has 3 N–H and O–H groups in total. The molecule has 20 heavy (non-hydrogen) atoms. The third-order valence-electron chi connectivity index (χ3n) is 4.64. The van der Waals surface area contributed by atoms with Crippen molar-refractivity contribution in [3.05, 3.63) is 59.7 Å². The Labute approximate surface area is 120 Å². The van der Waals surface area contributed by atoms with Crippen LogP contribution in [0, 0.1) is 0 Å². The lowest BCUT2D eigenvalue weighted by molar-refractivity contribution is 0.146. The van der Waals surface area contributed by atoms with Crippen LogP contribution >= 0.6 is 0 Å². The van der Waals surface area contributed by atoms with Gasteiger partial charge in [0.2, 0.25) is 0 Å². The second-order valence-corrected chi connectivity index (χ2v) is 5.62. The number of fused-ring (bicyclic) bond motifs is 3. The van der Waals surface area contributed by atoms with Gasteiger partial charge in [-0.05, 0) is 35.1 Å². The van der Waals surface area contributed by atoms with Gasteiger partial charge in [-0.15, -0.1) is 0 Å². The lowest BCUT2D eigenvalue weighted by Crippen LogP contribution is -2.33. The van der Waals surface area contributed by atoms with E-state index in [0.29, 0.717) is 13.0 Å². The van der Waals surface area contributed by atoms with Gasteiger partial charge in [-0.25, -0.2) is 0 Å². The number of aliphatic hydroxyl groups is 1. The molecule has 1 atom stereocenters. The van der Waals surface area contributed by atoms with Gasteiger partial charge in [-0.1, -0.05) is 55.5 Å². The van der Waals surface area contributed by atoms with Crippen molar-refractivity contribution in [2.45, 2.75) is 31.3 Å². The number of aliphatic hydroxyl groups excluding tert-OH is 1. The molecular formula is C18H21NO. The fourth-order valence-corrected chi connectivity index (χ4v) is 3.65. The first-order valence-electron chi connectivity index (χ1n) is 7.30. The van der Waals surface area contributed by atoms with Crippen molar-refractivity contribution in [2.24, 2.45) is 5.73 Å². The molecule has 0 amide bonds. The van der Waals surface area contributed by atoms with Crippen LogP contribution in [0.5, 0.6) is 0 Å².